The van der Waals surface area contributed by atoms with Crippen molar-refractivity contribution in [3.8, 4) is 0 Å². The first-order chi connectivity index (χ1) is 7.17. The first-order valence-electron chi connectivity index (χ1n) is 5.39. The van der Waals surface area contributed by atoms with Crippen LogP contribution < -0.4 is 10.9 Å². The molecule has 0 radical (unpaired) electrons. The summed E-state index contributed by atoms with van der Waals surface area (Å²) in [5.74, 6) is 0. The second kappa shape index (κ2) is 5.66. The summed E-state index contributed by atoms with van der Waals surface area (Å²) in [6.45, 7) is 4.67. The minimum absolute atomic E-state index is 0.0306. The van der Waals surface area contributed by atoms with Crippen LogP contribution in [0.25, 0.3) is 0 Å². The zero-order chi connectivity index (χ0) is 11.3. The molecule has 0 amide bonds. The van der Waals surface area contributed by atoms with Gasteiger partial charge < -0.3 is 5.32 Å². The van der Waals surface area contributed by atoms with E-state index in [9.17, 15) is 4.79 Å². The van der Waals surface area contributed by atoms with E-state index in [2.05, 4.69) is 17.3 Å². The van der Waals surface area contributed by atoms with Crippen LogP contribution in [0, 0.1) is 6.92 Å². The van der Waals surface area contributed by atoms with Crippen molar-refractivity contribution in [3.63, 3.8) is 0 Å². The molecule has 0 bridgehead atoms. The SMILES string of the molecule is CCCC(Cn1nc(C)ccc1=O)NC. The van der Waals surface area contributed by atoms with Gasteiger partial charge in [-0.2, -0.15) is 5.10 Å². The Balaban J connectivity index is 2.78. The Bertz CT molecular complexity index is 359. The highest BCUT2D eigenvalue weighted by Crippen LogP contribution is 1.98. The Morgan fingerprint density at radius 3 is 2.87 bits per heavy atom. The molecule has 4 heteroatoms. The van der Waals surface area contributed by atoms with Gasteiger partial charge in [0, 0.05) is 12.1 Å². The lowest BCUT2D eigenvalue weighted by Crippen LogP contribution is -2.35. The molecule has 1 N–H and O–H groups in total. The van der Waals surface area contributed by atoms with Gasteiger partial charge in [-0.3, -0.25) is 4.79 Å². The predicted molar refractivity (Wildman–Crippen MR) is 61.0 cm³/mol. The summed E-state index contributed by atoms with van der Waals surface area (Å²) in [4.78, 5) is 11.5. The molecule has 0 aliphatic heterocycles. The summed E-state index contributed by atoms with van der Waals surface area (Å²) in [7, 11) is 1.92. The van der Waals surface area contributed by atoms with Crippen LogP contribution in [0.3, 0.4) is 0 Å². The van der Waals surface area contributed by atoms with Crippen LogP contribution in [0.1, 0.15) is 25.5 Å². The number of aryl methyl sites for hydroxylation is 1. The average molecular weight is 209 g/mol. The highest BCUT2D eigenvalue weighted by Gasteiger charge is 2.07. The summed E-state index contributed by atoms with van der Waals surface area (Å²) in [6.07, 6.45) is 2.16. The molecule has 1 aromatic rings. The molecule has 0 aliphatic rings. The third-order valence-electron chi connectivity index (χ3n) is 2.44. The van der Waals surface area contributed by atoms with Gasteiger partial charge in [0.15, 0.2) is 0 Å². The van der Waals surface area contributed by atoms with Crippen LogP contribution in [-0.4, -0.2) is 22.9 Å². The number of likely N-dealkylation sites (N-methyl/N-ethyl adjacent to an activating group) is 1. The quantitative estimate of drug-likeness (QED) is 0.785. The molecule has 0 aliphatic carbocycles. The standard InChI is InChI=1S/C11H19N3O/c1-4-5-10(12-3)8-14-11(15)7-6-9(2)13-14/h6-7,10,12H,4-5,8H2,1-3H3. The topological polar surface area (TPSA) is 46.9 Å². The van der Waals surface area contributed by atoms with E-state index in [1.165, 1.54) is 4.68 Å². The molecule has 1 rings (SSSR count). The molecule has 1 aromatic heterocycles. The average Bonchev–Trinajstić information content (AvgIpc) is 2.22. The monoisotopic (exact) mass is 209 g/mol. The minimum Gasteiger partial charge on any atom is -0.315 e. The fourth-order valence-corrected chi connectivity index (χ4v) is 1.57. The summed E-state index contributed by atoms with van der Waals surface area (Å²) < 4.78 is 1.53. The molecular weight excluding hydrogens is 190 g/mol. The van der Waals surface area contributed by atoms with Crippen molar-refractivity contribution in [2.45, 2.75) is 39.3 Å². The van der Waals surface area contributed by atoms with E-state index in [0.717, 1.165) is 18.5 Å². The smallest absolute Gasteiger partial charge is 0.266 e. The van der Waals surface area contributed by atoms with Crippen molar-refractivity contribution in [2.24, 2.45) is 0 Å². The van der Waals surface area contributed by atoms with Crippen molar-refractivity contribution >= 4 is 0 Å². The maximum absolute atomic E-state index is 11.5. The van der Waals surface area contributed by atoms with Gasteiger partial charge in [0.25, 0.3) is 5.56 Å². The first-order valence-corrected chi connectivity index (χ1v) is 5.39. The van der Waals surface area contributed by atoms with E-state index >= 15 is 0 Å². The first kappa shape index (κ1) is 11.9. The molecule has 15 heavy (non-hydrogen) atoms. The molecule has 0 saturated heterocycles. The Morgan fingerprint density at radius 1 is 1.53 bits per heavy atom. The summed E-state index contributed by atoms with van der Waals surface area (Å²) in [5.41, 5.74) is 0.845. The summed E-state index contributed by atoms with van der Waals surface area (Å²) >= 11 is 0. The predicted octanol–water partition coefficient (Wildman–Crippen LogP) is 0.940. The van der Waals surface area contributed by atoms with Crippen LogP contribution >= 0.6 is 0 Å². The Hall–Kier alpha value is -1.16. The van der Waals surface area contributed by atoms with E-state index in [0.29, 0.717) is 12.6 Å². The zero-order valence-corrected chi connectivity index (χ0v) is 9.66. The number of nitrogens with zero attached hydrogens (tertiary/aromatic N) is 2. The van der Waals surface area contributed by atoms with Crippen LogP contribution in [0.15, 0.2) is 16.9 Å². The van der Waals surface area contributed by atoms with Gasteiger partial charge in [0.2, 0.25) is 0 Å². The van der Waals surface area contributed by atoms with Crippen molar-refractivity contribution in [1.29, 1.82) is 0 Å². The maximum atomic E-state index is 11.5. The molecule has 0 fully saturated rings. The zero-order valence-electron chi connectivity index (χ0n) is 9.66. The Labute approximate surface area is 90.3 Å². The molecule has 0 spiro atoms. The Morgan fingerprint density at radius 2 is 2.27 bits per heavy atom. The van der Waals surface area contributed by atoms with Gasteiger partial charge in [-0.05, 0) is 26.5 Å². The molecule has 84 valence electrons. The van der Waals surface area contributed by atoms with Gasteiger partial charge in [-0.1, -0.05) is 13.3 Å². The minimum atomic E-state index is -0.0306. The number of aromatic nitrogens is 2. The van der Waals surface area contributed by atoms with Crippen LogP contribution in [0.4, 0.5) is 0 Å². The van der Waals surface area contributed by atoms with Crippen molar-refractivity contribution in [3.05, 3.63) is 28.2 Å². The number of hydrogen-bond acceptors (Lipinski definition) is 3. The van der Waals surface area contributed by atoms with E-state index in [4.69, 9.17) is 0 Å². The molecule has 0 aromatic carbocycles. The van der Waals surface area contributed by atoms with E-state index < -0.39 is 0 Å². The third-order valence-corrected chi connectivity index (χ3v) is 2.44. The normalized spacial score (nSPS) is 12.7. The van der Waals surface area contributed by atoms with Crippen LogP contribution in [0.2, 0.25) is 0 Å². The highest BCUT2D eigenvalue weighted by atomic mass is 16.1. The Kier molecular flexibility index (Phi) is 4.49. The highest BCUT2D eigenvalue weighted by molar-refractivity contribution is 4.97. The molecule has 1 heterocycles. The van der Waals surface area contributed by atoms with E-state index in [1.54, 1.807) is 12.1 Å². The van der Waals surface area contributed by atoms with Crippen molar-refractivity contribution < 1.29 is 0 Å². The molecule has 1 atom stereocenters. The van der Waals surface area contributed by atoms with Crippen LogP contribution in [-0.2, 0) is 6.54 Å². The molecular formula is C11H19N3O. The number of hydrogen-bond donors (Lipinski definition) is 1. The molecule has 0 saturated carbocycles. The van der Waals surface area contributed by atoms with E-state index in [1.807, 2.05) is 14.0 Å². The summed E-state index contributed by atoms with van der Waals surface area (Å²) in [5, 5.41) is 7.41. The fraction of sp³-hybridized carbons (Fsp3) is 0.636. The third kappa shape index (κ3) is 3.47. The fourth-order valence-electron chi connectivity index (χ4n) is 1.57. The van der Waals surface area contributed by atoms with E-state index in [-0.39, 0.29) is 5.56 Å². The van der Waals surface area contributed by atoms with Gasteiger partial charge in [-0.25, -0.2) is 4.68 Å². The second-order valence-corrected chi connectivity index (χ2v) is 3.77. The molecule has 4 nitrogen and oxygen atoms in total. The van der Waals surface area contributed by atoms with Gasteiger partial charge in [0.1, 0.15) is 0 Å². The lowest BCUT2D eigenvalue weighted by molar-refractivity contribution is 0.413. The van der Waals surface area contributed by atoms with Crippen molar-refractivity contribution in [1.82, 2.24) is 15.1 Å². The number of rotatable bonds is 5. The largest absolute Gasteiger partial charge is 0.315 e. The lowest BCUT2D eigenvalue weighted by Gasteiger charge is -2.15. The summed E-state index contributed by atoms with van der Waals surface area (Å²) in [6, 6.07) is 3.63. The van der Waals surface area contributed by atoms with Crippen molar-refractivity contribution in [2.75, 3.05) is 7.05 Å². The molecule has 1 unspecified atom stereocenters. The van der Waals surface area contributed by atoms with Gasteiger partial charge >= 0.3 is 0 Å². The second-order valence-electron chi connectivity index (χ2n) is 3.77. The lowest BCUT2D eigenvalue weighted by atomic mass is 10.2. The maximum Gasteiger partial charge on any atom is 0.266 e. The van der Waals surface area contributed by atoms with Crippen LogP contribution in [0.5, 0.6) is 0 Å². The number of nitrogens with one attached hydrogen (secondary N) is 1. The van der Waals surface area contributed by atoms with Gasteiger partial charge in [-0.15, -0.1) is 0 Å². The van der Waals surface area contributed by atoms with Gasteiger partial charge in [0.05, 0.1) is 12.2 Å².